The third kappa shape index (κ3) is 6.22. The quantitative estimate of drug-likeness (QED) is 0.340. The van der Waals surface area contributed by atoms with Gasteiger partial charge in [-0.1, -0.05) is 49.0 Å². The normalized spacial score (nSPS) is 13.0. The molecule has 1 heterocycles. The summed E-state index contributed by atoms with van der Waals surface area (Å²) in [5.41, 5.74) is 2.61. The van der Waals surface area contributed by atoms with Crippen LogP contribution in [0.3, 0.4) is 0 Å². The van der Waals surface area contributed by atoms with Gasteiger partial charge in [-0.15, -0.1) is 0 Å². The molecule has 7 nitrogen and oxygen atoms in total. The van der Waals surface area contributed by atoms with E-state index in [1.807, 2.05) is 62.4 Å². The highest BCUT2D eigenvalue weighted by Crippen LogP contribution is 2.29. The molecular weight excluding hydrogens is 434 g/mol. The number of para-hydroxylation sites is 2. The van der Waals surface area contributed by atoms with Crippen molar-refractivity contribution in [3.63, 3.8) is 0 Å². The van der Waals surface area contributed by atoms with Crippen molar-refractivity contribution in [1.29, 1.82) is 0 Å². The molecule has 1 fully saturated rings. The number of nitrogens with one attached hydrogen (secondary N) is 2. The van der Waals surface area contributed by atoms with Gasteiger partial charge >= 0.3 is 0 Å². The molecular formula is C25H29N5O2S. The summed E-state index contributed by atoms with van der Waals surface area (Å²) >= 11 is 1.31. The summed E-state index contributed by atoms with van der Waals surface area (Å²) < 4.78 is 0. The number of rotatable bonds is 10. The fraction of sp³-hybridized carbons (Fsp3) is 0.360. The Morgan fingerprint density at radius 2 is 1.85 bits per heavy atom. The number of hydrogen-bond donors (Lipinski definition) is 2. The summed E-state index contributed by atoms with van der Waals surface area (Å²) in [5.74, 6) is 0.698. The smallest absolute Gasteiger partial charge is 0.244 e. The van der Waals surface area contributed by atoms with Crippen molar-refractivity contribution in [2.45, 2.75) is 44.3 Å². The number of carbonyl (C=O) groups is 2. The van der Waals surface area contributed by atoms with Gasteiger partial charge in [0.15, 0.2) is 5.16 Å². The monoisotopic (exact) mass is 463 g/mol. The van der Waals surface area contributed by atoms with E-state index in [0.717, 1.165) is 47.2 Å². The molecule has 2 aromatic carbocycles. The van der Waals surface area contributed by atoms with Crippen LogP contribution in [0.1, 0.15) is 31.7 Å². The Bertz CT molecular complexity index is 1150. The summed E-state index contributed by atoms with van der Waals surface area (Å²) in [4.78, 5) is 36.4. The maximum atomic E-state index is 13.0. The van der Waals surface area contributed by atoms with E-state index in [1.165, 1.54) is 11.8 Å². The first kappa shape index (κ1) is 23.0. The van der Waals surface area contributed by atoms with Gasteiger partial charge in [-0.05, 0) is 49.9 Å². The van der Waals surface area contributed by atoms with Crippen molar-refractivity contribution in [2.75, 3.05) is 29.5 Å². The maximum absolute atomic E-state index is 13.0. The molecule has 3 aromatic rings. The van der Waals surface area contributed by atoms with Crippen molar-refractivity contribution < 1.29 is 9.59 Å². The second-order valence-corrected chi connectivity index (χ2v) is 9.20. The number of thioether (sulfide) groups is 1. The average Bonchev–Trinajstić information content (AvgIpc) is 3.63. The Morgan fingerprint density at radius 3 is 2.61 bits per heavy atom. The van der Waals surface area contributed by atoms with Crippen LogP contribution in [-0.4, -0.2) is 51.6 Å². The number of aromatic nitrogens is 2. The molecule has 1 saturated carbocycles. The number of anilines is 2. The van der Waals surface area contributed by atoms with Crippen LogP contribution in [0.2, 0.25) is 0 Å². The van der Waals surface area contributed by atoms with E-state index in [2.05, 4.69) is 20.6 Å². The van der Waals surface area contributed by atoms with E-state index in [4.69, 9.17) is 0 Å². The predicted octanol–water partition coefficient (Wildman–Crippen LogP) is 4.48. The lowest BCUT2D eigenvalue weighted by molar-refractivity contribution is -0.132. The zero-order chi connectivity index (χ0) is 23.2. The molecule has 4 rings (SSSR count). The first-order chi connectivity index (χ1) is 16.0. The Labute approximate surface area is 198 Å². The van der Waals surface area contributed by atoms with Crippen LogP contribution < -0.4 is 10.6 Å². The zero-order valence-corrected chi connectivity index (χ0v) is 19.8. The summed E-state index contributed by atoms with van der Waals surface area (Å²) in [7, 11) is 0. The van der Waals surface area contributed by atoms with E-state index in [9.17, 15) is 9.59 Å². The van der Waals surface area contributed by atoms with Crippen LogP contribution >= 0.6 is 11.8 Å². The number of aryl methyl sites for hydroxylation is 1. The Hall–Kier alpha value is -3.13. The van der Waals surface area contributed by atoms with Crippen LogP contribution in [0.25, 0.3) is 10.9 Å². The molecule has 172 valence electrons. The molecule has 1 aliphatic carbocycles. The highest BCUT2D eigenvalue weighted by molar-refractivity contribution is 7.99. The largest absolute Gasteiger partial charge is 0.367 e. The van der Waals surface area contributed by atoms with E-state index >= 15 is 0 Å². The van der Waals surface area contributed by atoms with E-state index in [0.29, 0.717) is 17.7 Å². The Morgan fingerprint density at radius 1 is 1.09 bits per heavy atom. The molecule has 0 unspecified atom stereocenters. The van der Waals surface area contributed by atoms with Gasteiger partial charge in [-0.2, -0.15) is 0 Å². The van der Waals surface area contributed by atoms with Crippen molar-refractivity contribution in [3.05, 3.63) is 54.1 Å². The van der Waals surface area contributed by atoms with E-state index in [1.54, 1.807) is 4.90 Å². The molecule has 1 aromatic heterocycles. The maximum Gasteiger partial charge on any atom is 0.244 e. The summed E-state index contributed by atoms with van der Waals surface area (Å²) in [6.45, 7) is 4.48. The summed E-state index contributed by atoms with van der Waals surface area (Å²) in [6, 6.07) is 16.0. The van der Waals surface area contributed by atoms with Gasteiger partial charge in [-0.25, -0.2) is 9.97 Å². The number of fused-ring (bicyclic) bond motifs is 1. The SMILES string of the molecule is CCCN(CC(=O)Nc1ccccc1C)C(=O)CSc1nc(NC2CC2)c2ccccc2n1. The topological polar surface area (TPSA) is 87.2 Å². The molecule has 2 amide bonds. The lowest BCUT2D eigenvalue weighted by Crippen LogP contribution is -2.39. The molecule has 2 N–H and O–H groups in total. The van der Waals surface area contributed by atoms with Gasteiger partial charge < -0.3 is 15.5 Å². The average molecular weight is 464 g/mol. The fourth-order valence-corrected chi connectivity index (χ4v) is 4.26. The summed E-state index contributed by atoms with van der Waals surface area (Å²) in [5, 5.41) is 7.93. The Balaban J connectivity index is 1.40. The van der Waals surface area contributed by atoms with Crippen molar-refractivity contribution >= 4 is 46.0 Å². The Kier molecular flexibility index (Phi) is 7.44. The van der Waals surface area contributed by atoms with Crippen LogP contribution in [-0.2, 0) is 9.59 Å². The van der Waals surface area contributed by atoms with Gasteiger partial charge in [0.05, 0.1) is 17.8 Å². The number of amides is 2. The van der Waals surface area contributed by atoms with Gasteiger partial charge in [0, 0.05) is 23.7 Å². The van der Waals surface area contributed by atoms with Crippen molar-refractivity contribution in [1.82, 2.24) is 14.9 Å². The van der Waals surface area contributed by atoms with Crippen LogP contribution in [0.15, 0.2) is 53.7 Å². The first-order valence-corrected chi connectivity index (χ1v) is 12.3. The number of carbonyl (C=O) groups excluding carboxylic acids is 2. The molecule has 0 bridgehead atoms. The minimum absolute atomic E-state index is 0.0225. The van der Waals surface area contributed by atoms with Crippen molar-refractivity contribution in [3.8, 4) is 0 Å². The molecule has 0 radical (unpaired) electrons. The summed E-state index contributed by atoms with van der Waals surface area (Å²) in [6.07, 6.45) is 3.07. The molecule has 0 spiro atoms. The molecule has 33 heavy (non-hydrogen) atoms. The fourth-order valence-electron chi connectivity index (χ4n) is 3.51. The second-order valence-electron chi connectivity index (χ2n) is 8.26. The second kappa shape index (κ2) is 10.7. The van der Waals surface area contributed by atoms with Gasteiger partial charge in [-0.3, -0.25) is 9.59 Å². The third-order valence-corrected chi connectivity index (χ3v) is 6.26. The third-order valence-electron chi connectivity index (χ3n) is 5.43. The number of nitrogens with zero attached hydrogens (tertiary/aromatic N) is 3. The highest BCUT2D eigenvalue weighted by Gasteiger charge is 2.23. The molecule has 0 aliphatic heterocycles. The number of benzene rings is 2. The van der Waals surface area contributed by atoms with Crippen LogP contribution in [0.5, 0.6) is 0 Å². The molecule has 0 saturated heterocycles. The van der Waals surface area contributed by atoms with Gasteiger partial charge in [0.2, 0.25) is 11.8 Å². The van der Waals surface area contributed by atoms with Gasteiger partial charge in [0.1, 0.15) is 5.82 Å². The number of hydrogen-bond acceptors (Lipinski definition) is 6. The van der Waals surface area contributed by atoms with Gasteiger partial charge in [0.25, 0.3) is 0 Å². The molecule has 0 atom stereocenters. The zero-order valence-electron chi connectivity index (χ0n) is 19.0. The minimum atomic E-state index is -0.200. The molecule has 8 heteroatoms. The lowest BCUT2D eigenvalue weighted by Gasteiger charge is -2.21. The van der Waals surface area contributed by atoms with Crippen LogP contribution in [0, 0.1) is 6.92 Å². The standard InChI is InChI=1S/C25H29N5O2S/c1-3-14-30(15-22(31)27-20-10-6-4-8-17(20)2)23(32)16-33-25-28-21-11-7-5-9-19(21)24(29-25)26-18-12-13-18/h4-11,18H,3,12-16H2,1-2H3,(H,27,31)(H,26,28,29). The first-order valence-electron chi connectivity index (χ1n) is 11.3. The van der Waals surface area contributed by atoms with E-state index < -0.39 is 0 Å². The van der Waals surface area contributed by atoms with E-state index in [-0.39, 0.29) is 24.1 Å². The van der Waals surface area contributed by atoms with Crippen molar-refractivity contribution in [2.24, 2.45) is 0 Å². The lowest BCUT2D eigenvalue weighted by atomic mass is 10.2. The van der Waals surface area contributed by atoms with Crippen LogP contribution in [0.4, 0.5) is 11.5 Å². The minimum Gasteiger partial charge on any atom is -0.367 e. The predicted molar refractivity (Wildman–Crippen MR) is 134 cm³/mol. The highest BCUT2D eigenvalue weighted by atomic mass is 32.2. The molecule has 1 aliphatic rings.